The minimum absolute atomic E-state index is 0.0217. The lowest BCUT2D eigenvalue weighted by Crippen LogP contribution is -2.40. The highest BCUT2D eigenvalue weighted by Gasteiger charge is 2.46. The van der Waals surface area contributed by atoms with Crippen LogP contribution < -0.4 is 0 Å². The van der Waals surface area contributed by atoms with E-state index in [4.69, 9.17) is 9.47 Å². The molecule has 1 aliphatic carbocycles. The van der Waals surface area contributed by atoms with Gasteiger partial charge < -0.3 is 19.7 Å². The number of aliphatic hydroxyl groups excluding tert-OH is 1. The molecule has 0 bridgehead atoms. The Hall–Kier alpha value is -2.25. The Kier molecular flexibility index (Phi) is 6.38. The summed E-state index contributed by atoms with van der Waals surface area (Å²) in [6.07, 6.45) is 2.53. The third-order valence-electron chi connectivity index (χ3n) is 5.00. The fraction of sp³-hybridized carbons (Fsp3) is 0.550. The predicted octanol–water partition coefficient (Wildman–Crippen LogP) is 1.24. The highest BCUT2D eigenvalue weighted by Crippen LogP contribution is 2.37. The van der Waals surface area contributed by atoms with E-state index in [1.807, 2.05) is 6.92 Å². The van der Waals surface area contributed by atoms with Crippen LogP contribution in [0.15, 0.2) is 36.0 Å². The first-order valence-corrected chi connectivity index (χ1v) is 8.97. The van der Waals surface area contributed by atoms with Gasteiger partial charge in [-0.2, -0.15) is 0 Å². The van der Waals surface area contributed by atoms with Gasteiger partial charge >= 0.3 is 11.9 Å². The van der Waals surface area contributed by atoms with Crippen molar-refractivity contribution in [1.82, 2.24) is 0 Å². The Balaban J connectivity index is 2.50. The summed E-state index contributed by atoms with van der Waals surface area (Å²) >= 11 is 0. The fourth-order valence-electron chi connectivity index (χ4n) is 3.10. The van der Waals surface area contributed by atoms with Gasteiger partial charge in [-0.3, -0.25) is 9.59 Å². The van der Waals surface area contributed by atoms with Gasteiger partial charge in [0.25, 0.3) is 0 Å². The summed E-state index contributed by atoms with van der Waals surface area (Å²) in [6.45, 7) is 8.24. The number of aliphatic hydroxyl groups is 2. The topological polar surface area (TPSA) is 110 Å². The van der Waals surface area contributed by atoms with Crippen LogP contribution >= 0.6 is 0 Å². The number of hydrogen-bond donors (Lipinski definition) is 2. The molecule has 1 aliphatic heterocycles. The van der Waals surface area contributed by atoms with Gasteiger partial charge in [-0.25, -0.2) is 4.79 Å². The molecule has 2 N–H and O–H groups in total. The van der Waals surface area contributed by atoms with E-state index < -0.39 is 48.1 Å². The highest BCUT2D eigenvalue weighted by molar-refractivity contribution is 6.04. The van der Waals surface area contributed by atoms with E-state index >= 15 is 0 Å². The molecule has 7 heteroatoms. The Bertz CT molecular complexity index is 701. The quantitative estimate of drug-likeness (QED) is 0.559. The molecule has 0 spiro atoms. The summed E-state index contributed by atoms with van der Waals surface area (Å²) in [5.41, 5.74) is -1.36. The first-order chi connectivity index (χ1) is 12.6. The van der Waals surface area contributed by atoms with Gasteiger partial charge in [-0.1, -0.05) is 20.4 Å². The predicted molar refractivity (Wildman–Crippen MR) is 96.4 cm³/mol. The van der Waals surface area contributed by atoms with E-state index in [-0.39, 0.29) is 23.5 Å². The van der Waals surface area contributed by atoms with Crippen LogP contribution in [0.1, 0.15) is 33.6 Å². The standard InChI is InChI=1S/C20H26O7/c1-5-11(2)18(23)27-16-9-20(4,25)7-6-14(22)13(10-21)8-15-17(16)12(3)19(24)26-15/h6-8,11,15-17,21,25H,3,5,9-10H2,1-2,4H3/t11?,15-,16+,17-,20-/m0/s1. The lowest BCUT2D eigenvalue weighted by Gasteiger charge is -2.32. The summed E-state index contributed by atoms with van der Waals surface area (Å²) < 4.78 is 10.9. The molecule has 2 rings (SSSR count). The summed E-state index contributed by atoms with van der Waals surface area (Å²) in [7, 11) is 0. The molecular weight excluding hydrogens is 352 g/mol. The number of hydrogen-bond acceptors (Lipinski definition) is 7. The highest BCUT2D eigenvalue weighted by atomic mass is 16.6. The Morgan fingerprint density at radius 1 is 1.48 bits per heavy atom. The molecule has 0 radical (unpaired) electrons. The number of fused-ring (bicyclic) bond motifs is 1. The van der Waals surface area contributed by atoms with Gasteiger partial charge in [0, 0.05) is 17.6 Å². The lowest BCUT2D eigenvalue weighted by atomic mass is 9.82. The molecule has 0 aromatic rings. The van der Waals surface area contributed by atoms with Crippen molar-refractivity contribution in [1.29, 1.82) is 0 Å². The molecule has 0 amide bonds. The molecule has 27 heavy (non-hydrogen) atoms. The fourth-order valence-corrected chi connectivity index (χ4v) is 3.10. The number of carbonyl (C=O) groups excluding carboxylic acids is 3. The zero-order valence-electron chi connectivity index (χ0n) is 15.8. The van der Waals surface area contributed by atoms with Gasteiger partial charge in [0.05, 0.1) is 24.0 Å². The zero-order chi connectivity index (χ0) is 20.4. The maximum absolute atomic E-state index is 12.4. The van der Waals surface area contributed by atoms with Crippen molar-refractivity contribution in [3.05, 3.63) is 36.0 Å². The third kappa shape index (κ3) is 4.73. The van der Waals surface area contributed by atoms with Crippen molar-refractivity contribution in [2.75, 3.05) is 6.61 Å². The number of allylic oxidation sites excluding steroid dienone is 1. The Morgan fingerprint density at radius 2 is 2.15 bits per heavy atom. The number of carbonyl (C=O) groups is 3. The number of esters is 2. The molecule has 1 heterocycles. The van der Waals surface area contributed by atoms with Gasteiger partial charge in [-0.05, 0) is 31.6 Å². The van der Waals surface area contributed by atoms with Crippen molar-refractivity contribution >= 4 is 17.7 Å². The van der Waals surface area contributed by atoms with Gasteiger partial charge in [-0.15, -0.1) is 0 Å². The first-order valence-electron chi connectivity index (χ1n) is 8.97. The minimum Gasteiger partial charge on any atom is -0.461 e. The molecule has 0 saturated carbocycles. The van der Waals surface area contributed by atoms with Crippen LogP contribution in [0, 0.1) is 11.8 Å². The first kappa shape index (κ1) is 21.1. The van der Waals surface area contributed by atoms with E-state index in [0.717, 1.165) is 6.08 Å². The largest absolute Gasteiger partial charge is 0.461 e. The van der Waals surface area contributed by atoms with E-state index in [0.29, 0.717) is 6.42 Å². The zero-order valence-corrected chi connectivity index (χ0v) is 15.8. The molecule has 1 unspecified atom stereocenters. The van der Waals surface area contributed by atoms with Crippen molar-refractivity contribution in [2.45, 2.75) is 51.4 Å². The number of ketones is 1. The summed E-state index contributed by atoms with van der Waals surface area (Å²) in [5, 5.41) is 20.2. The molecule has 148 valence electrons. The lowest BCUT2D eigenvalue weighted by molar-refractivity contribution is -0.159. The summed E-state index contributed by atoms with van der Waals surface area (Å²) in [6, 6.07) is 0. The Morgan fingerprint density at radius 3 is 2.74 bits per heavy atom. The van der Waals surface area contributed by atoms with Crippen molar-refractivity contribution in [3.8, 4) is 0 Å². The van der Waals surface area contributed by atoms with E-state index in [1.54, 1.807) is 6.92 Å². The summed E-state index contributed by atoms with van der Waals surface area (Å²) in [4.78, 5) is 36.7. The van der Waals surface area contributed by atoms with Crippen LogP contribution in [0.3, 0.4) is 0 Å². The molecule has 0 aromatic carbocycles. The molecule has 5 atom stereocenters. The van der Waals surface area contributed by atoms with E-state index in [1.165, 1.54) is 19.1 Å². The maximum Gasteiger partial charge on any atom is 0.334 e. The molecule has 0 aromatic heterocycles. The smallest absolute Gasteiger partial charge is 0.334 e. The third-order valence-corrected chi connectivity index (χ3v) is 5.00. The van der Waals surface area contributed by atoms with Crippen molar-refractivity contribution in [2.24, 2.45) is 11.8 Å². The normalized spacial score (nSPS) is 32.4. The molecule has 1 fully saturated rings. The number of rotatable bonds is 4. The summed E-state index contributed by atoms with van der Waals surface area (Å²) in [5.74, 6) is -2.73. The average molecular weight is 378 g/mol. The second-order valence-electron chi connectivity index (χ2n) is 7.31. The molecule has 2 aliphatic rings. The van der Waals surface area contributed by atoms with E-state index in [9.17, 15) is 24.6 Å². The maximum atomic E-state index is 12.4. The van der Waals surface area contributed by atoms with Gasteiger partial charge in [0.2, 0.25) is 0 Å². The van der Waals surface area contributed by atoms with Crippen LogP contribution in [-0.4, -0.2) is 52.4 Å². The van der Waals surface area contributed by atoms with Gasteiger partial charge in [0.15, 0.2) is 5.78 Å². The number of ether oxygens (including phenoxy) is 2. The SMILES string of the molecule is C=C1C(=O)O[C@H]2C=C(CO)C(=O)C=C[C@](C)(O)C[C@@H](OC(=O)C(C)CC)[C@@H]12. The van der Waals surface area contributed by atoms with Crippen LogP contribution in [0.5, 0.6) is 0 Å². The monoisotopic (exact) mass is 378 g/mol. The van der Waals surface area contributed by atoms with Crippen molar-refractivity contribution in [3.63, 3.8) is 0 Å². The van der Waals surface area contributed by atoms with Gasteiger partial charge in [0.1, 0.15) is 12.2 Å². The van der Waals surface area contributed by atoms with E-state index in [2.05, 4.69) is 6.58 Å². The molecule has 7 nitrogen and oxygen atoms in total. The average Bonchev–Trinajstić information content (AvgIpc) is 2.89. The van der Waals surface area contributed by atoms with Crippen molar-refractivity contribution < 1.29 is 34.1 Å². The second-order valence-corrected chi connectivity index (χ2v) is 7.31. The Labute approximate surface area is 158 Å². The van der Waals surface area contributed by atoms with Crippen LogP contribution in [0.2, 0.25) is 0 Å². The molecular formula is C20H26O7. The minimum atomic E-state index is -1.48. The van der Waals surface area contributed by atoms with Crippen LogP contribution in [0.25, 0.3) is 0 Å². The van der Waals surface area contributed by atoms with Crippen LogP contribution in [-0.2, 0) is 23.9 Å². The second kappa shape index (κ2) is 8.19. The van der Waals surface area contributed by atoms with Crippen LogP contribution in [0.4, 0.5) is 0 Å². The molecule has 1 saturated heterocycles.